The molecule has 0 radical (unpaired) electrons. The van der Waals surface area contributed by atoms with Crippen LogP contribution in [0.2, 0.25) is 5.02 Å². The fourth-order valence-electron chi connectivity index (χ4n) is 3.26. The summed E-state index contributed by atoms with van der Waals surface area (Å²) in [5.41, 5.74) is 1.50. The molecular weight excluding hydrogens is 444 g/mol. The van der Waals surface area contributed by atoms with Crippen LogP contribution in [-0.2, 0) is 4.79 Å². The number of hydrogen-bond donors (Lipinski definition) is 0. The summed E-state index contributed by atoms with van der Waals surface area (Å²) in [7, 11) is 0. The molecule has 0 N–H and O–H groups in total. The molecule has 8 heteroatoms. The Bertz CT molecular complexity index is 1380. The topological polar surface area (TPSA) is 79.0 Å². The molecule has 158 valence electrons. The first-order chi connectivity index (χ1) is 15.6. The van der Waals surface area contributed by atoms with E-state index in [4.69, 9.17) is 11.6 Å². The van der Waals surface area contributed by atoms with E-state index >= 15 is 0 Å². The number of nitriles is 1. The molecule has 3 aromatic carbocycles. The lowest BCUT2D eigenvalue weighted by molar-refractivity contribution is -0.116. The lowest BCUT2D eigenvalue weighted by atomic mass is 10.2. The third-order valence-corrected chi connectivity index (χ3v) is 5.89. The largest absolute Gasteiger partial charge is 0.298 e. The van der Waals surface area contributed by atoms with E-state index in [0.29, 0.717) is 32.5 Å². The van der Waals surface area contributed by atoms with Crippen molar-refractivity contribution in [3.8, 4) is 11.8 Å². The minimum Gasteiger partial charge on any atom is -0.298 e. The van der Waals surface area contributed by atoms with Gasteiger partial charge in [-0.3, -0.25) is 19.1 Å². The van der Waals surface area contributed by atoms with Gasteiger partial charge in [0.25, 0.3) is 5.56 Å². The Balaban J connectivity index is 1.72. The third kappa shape index (κ3) is 4.52. The second-order valence-corrected chi connectivity index (χ2v) is 8.17. The molecule has 4 rings (SSSR count). The molecule has 0 fully saturated rings. The number of carbonyl (C=O) groups is 1. The Labute approximate surface area is 193 Å². The summed E-state index contributed by atoms with van der Waals surface area (Å²) in [6.07, 6.45) is 0. The maximum absolute atomic E-state index is 13.3. The quantitative estimate of drug-likeness (QED) is 0.237. The summed E-state index contributed by atoms with van der Waals surface area (Å²) in [6, 6.07) is 25.0. The maximum Gasteiger partial charge on any atom is 0.266 e. The molecule has 0 aliphatic heterocycles. The lowest BCUT2D eigenvalue weighted by Gasteiger charge is -2.20. The van der Waals surface area contributed by atoms with Gasteiger partial charge in [0, 0.05) is 10.7 Å². The first-order valence-electron chi connectivity index (χ1n) is 9.71. The Kier molecular flexibility index (Phi) is 6.55. The Morgan fingerprint density at radius 1 is 1.06 bits per heavy atom. The third-order valence-electron chi connectivity index (χ3n) is 4.73. The average molecular weight is 461 g/mol. The Hall–Kier alpha value is -3.60. The molecule has 6 nitrogen and oxygen atoms in total. The van der Waals surface area contributed by atoms with Gasteiger partial charge in [-0.15, -0.1) is 0 Å². The predicted octanol–water partition coefficient (Wildman–Crippen LogP) is 4.69. The number of hydrogen-bond acceptors (Lipinski definition) is 5. The van der Waals surface area contributed by atoms with Gasteiger partial charge in [0.2, 0.25) is 5.91 Å². The molecule has 0 unspecified atom stereocenters. The second-order valence-electron chi connectivity index (χ2n) is 6.79. The fraction of sp³-hybridized carbons (Fsp3) is 0.0833. The van der Waals surface area contributed by atoms with Crippen LogP contribution < -0.4 is 10.5 Å². The highest BCUT2D eigenvalue weighted by atomic mass is 35.5. The predicted molar refractivity (Wildman–Crippen MR) is 127 cm³/mol. The molecule has 0 saturated carbocycles. The zero-order chi connectivity index (χ0) is 22.5. The van der Waals surface area contributed by atoms with Crippen LogP contribution in [0.5, 0.6) is 0 Å². The van der Waals surface area contributed by atoms with E-state index in [1.807, 2.05) is 30.3 Å². The van der Waals surface area contributed by atoms with Crippen molar-refractivity contribution in [2.75, 3.05) is 17.2 Å². The van der Waals surface area contributed by atoms with Gasteiger partial charge in [0.15, 0.2) is 5.16 Å². The number of halogens is 1. The Morgan fingerprint density at radius 2 is 1.81 bits per heavy atom. The molecule has 0 aliphatic rings. The number of para-hydroxylation sites is 2. The number of nitrogens with zero attached hydrogens (tertiary/aromatic N) is 4. The van der Waals surface area contributed by atoms with Gasteiger partial charge in [0.05, 0.1) is 28.4 Å². The van der Waals surface area contributed by atoms with E-state index in [2.05, 4.69) is 4.98 Å². The van der Waals surface area contributed by atoms with E-state index in [-0.39, 0.29) is 23.8 Å². The minimum atomic E-state index is -0.261. The van der Waals surface area contributed by atoms with Gasteiger partial charge in [-0.1, -0.05) is 59.8 Å². The highest BCUT2D eigenvalue weighted by molar-refractivity contribution is 7.99. The SMILES string of the molecule is N#CCN(C(=O)CSc1nc2ccccc2c(=O)n1-c1cccc(Cl)c1)c1ccccc1. The zero-order valence-electron chi connectivity index (χ0n) is 16.8. The number of benzene rings is 3. The first kappa shape index (κ1) is 21.6. The summed E-state index contributed by atoms with van der Waals surface area (Å²) >= 11 is 7.30. The van der Waals surface area contributed by atoms with Crippen molar-refractivity contribution in [3.63, 3.8) is 0 Å². The minimum absolute atomic E-state index is 0.00190. The number of amides is 1. The van der Waals surface area contributed by atoms with Gasteiger partial charge in [-0.05, 0) is 42.5 Å². The maximum atomic E-state index is 13.3. The van der Waals surface area contributed by atoms with E-state index < -0.39 is 0 Å². The molecule has 1 aromatic heterocycles. The number of aromatic nitrogens is 2. The molecular formula is C24H17ClN4O2S. The van der Waals surface area contributed by atoms with Gasteiger partial charge < -0.3 is 0 Å². The number of thioether (sulfide) groups is 1. The van der Waals surface area contributed by atoms with Gasteiger partial charge >= 0.3 is 0 Å². The van der Waals surface area contributed by atoms with Crippen molar-refractivity contribution >= 4 is 45.9 Å². The monoisotopic (exact) mass is 460 g/mol. The summed E-state index contributed by atoms with van der Waals surface area (Å²) in [5, 5.41) is 10.5. The summed E-state index contributed by atoms with van der Waals surface area (Å²) in [6.45, 7) is -0.0738. The van der Waals surface area contributed by atoms with E-state index in [0.717, 1.165) is 11.8 Å². The molecule has 0 spiro atoms. The molecule has 32 heavy (non-hydrogen) atoms. The van der Waals surface area contributed by atoms with E-state index in [1.165, 1.54) is 9.47 Å². The molecule has 4 aromatic rings. The van der Waals surface area contributed by atoms with Gasteiger partial charge in [-0.25, -0.2) is 4.98 Å². The average Bonchev–Trinajstić information content (AvgIpc) is 2.81. The van der Waals surface area contributed by atoms with Crippen molar-refractivity contribution in [2.24, 2.45) is 0 Å². The molecule has 1 heterocycles. The summed E-state index contributed by atoms with van der Waals surface area (Å²) in [4.78, 5) is 32.3. The van der Waals surface area contributed by atoms with Crippen LogP contribution in [0.3, 0.4) is 0 Å². The van der Waals surface area contributed by atoms with Crippen LogP contribution in [0.1, 0.15) is 0 Å². The van der Waals surface area contributed by atoms with Gasteiger partial charge in [0.1, 0.15) is 6.54 Å². The molecule has 0 bridgehead atoms. The number of rotatable bonds is 6. The first-order valence-corrected chi connectivity index (χ1v) is 11.1. The number of fused-ring (bicyclic) bond motifs is 1. The van der Waals surface area contributed by atoms with Crippen molar-refractivity contribution in [3.05, 3.63) is 94.2 Å². The number of carbonyl (C=O) groups excluding carboxylic acids is 1. The van der Waals surface area contributed by atoms with Crippen LogP contribution in [0.4, 0.5) is 5.69 Å². The van der Waals surface area contributed by atoms with Crippen molar-refractivity contribution < 1.29 is 4.79 Å². The highest BCUT2D eigenvalue weighted by Gasteiger charge is 2.19. The standard InChI is InChI=1S/C24H17ClN4O2S/c25-17-7-6-10-19(15-17)29-23(31)20-11-4-5-12-21(20)27-24(29)32-16-22(30)28(14-13-26)18-8-2-1-3-9-18/h1-12,15H,14,16H2. The molecule has 0 aliphatic carbocycles. The van der Waals surface area contributed by atoms with Crippen molar-refractivity contribution in [1.82, 2.24) is 9.55 Å². The van der Waals surface area contributed by atoms with Crippen LogP contribution in [0.25, 0.3) is 16.6 Å². The second kappa shape index (κ2) is 9.69. The highest BCUT2D eigenvalue weighted by Crippen LogP contribution is 2.24. The number of anilines is 1. The van der Waals surface area contributed by atoms with Crippen molar-refractivity contribution in [1.29, 1.82) is 5.26 Å². The normalized spacial score (nSPS) is 10.6. The molecule has 0 saturated heterocycles. The smallest absolute Gasteiger partial charge is 0.266 e. The lowest BCUT2D eigenvalue weighted by Crippen LogP contribution is -2.33. The van der Waals surface area contributed by atoms with Gasteiger partial charge in [-0.2, -0.15) is 5.26 Å². The Morgan fingerprint density at radius 3 is 2.56 bits per heavy atom. The fourth-order valence-corrected chi connectivity index (χ4v) is 4.33. The summed E-state index contributed by atoms with van der Waals surface area (Å²) in [5.74, 6) is -0.259. The van der Waals surface area contributed by atoms with Crippen LogP contribution >= 0.6 is 23.4 Å². The van der Waals surface area contributed by atoms with Crippen LogP contribution in [-0.4, -0.2) is 27.8 Å². The van der Waals surface area contributed by atoms with Crippen LogP contribution in [0, 0.1) is 11.3 Å². The molecule has 1 amide bonds. The summed E-state index contributed by atoms with van der Waals surface area (Å²) < 4.78 is 1.46. The van der Waals surface area contributed by atoms with Crippen molar-refractivity contribution in [2.45, 2.75) is 5.16 Å². The molecule has 0 atom stereocenters. The van der Waals surface area contributed by atoms with E-state index in [1.54, 1.807) is 54.6 Å². The van der Waals surface area contributed by atoms with E-state index in [9.17, 15) is 14.9 Å². The zero-order valence-corrected chi connectivity index (χ0v) is 18.4. The van der Waals surface area contributed by atoms with Crippen LogP contribution in [0.15, 0.2) is 88.8 Å².